The van der Waals surface area contributed by atoms with E-state index in [1.807, 2.05) is 79.9 Å². The van der Waals surface area contributed by atoms with Crippen molar-refractivity contribution in [3.63, 3.8) is 0 Å². The zero-order valence-corrected chi connectivity index (χ0v) is 29.2. The van der Waals surface area contributed by atoms with Crippen LogP contribution in [-0.2, 0) is 16.1 Å². The standard InChI is InChI=1S/C35H48N2O6S2/c1-8-10-20-35(9-2)25-36(27-14-12-11-13-15-27)29-21-31(44-7)30(42-24-33(38)43-34(3,4)5)22-32(29)45(39,40)37(35)23-26-16-18-28(41-6)19-17-26/h11-19,21-22,39-40H,8-10,20,23-25H2,1-7H3. The van der Waals surface area contributed by atoms with Crippen molar-refractivity contribution in [2.75, 3.05) is 31.4 Å². The Balaban J connectivity index is 1.91. The van der Waals surface area contributed by atoms with Crippen LogP contribution >= 0.6 is 22.5 Å². The molecule has 246 valence electrons. The average Bonchev–Trinajstić information content (AvgIpc) is 3.09. The van der Waals surface area contributed by atoms with Crippen molar-refractivity contribution in [3.8, 4) is 11.5 Å². The van der Waals surface area contributed by atoms with E-state index in [1.54, 1.807) is 13.2 Å². The number of benzene rings is 3. The number of fused-ring (bicyclic) bond motifs is 1. The summed E-state index contributed by atoms with van der Waals surface area (Å²) in [6.45, 7) is 10.3. The maximum Gasteiger partial charge on any atom is 0.344 e. The predicted octanol–water partition coefficient (Wildman–Crippen LogP) is 9.16. The summed E-state index contributed by atoms with van der Waals surface area (Å²) in [4.78, 5) is 16.0. The molecule has 3 aromatic rings. The third kappa shape index (κ3) is 8.10. The fourth-order valence-corrected chi connectivity index (χ4v) is 8.40. The fraction of sp³-hybridized carbons (Fsp3) is 0.457. The van der Waals surface area contributed by atoms with Gasteiger partial charge in [-0.2, -0.15) is 4.31 Å². The average molecular weight is 657 g/mol. The van der Waals surface area contributed by atoms with Crippen LogP contribution < -0.4 is 14.4 Å². The van der Waals surface area contributed by atoms with Crippen molar-refractivity contribution >= 4 is 39.9 Å². The van der Waals surface area contributed by atoms with Gasteiger partial charge in [0.1, 0.15) is 22.0 Å². The van der Waals surface area contributed by atoms with Crippen molar-refractivity contribution in [2.45, 2.75) is 87.8 Å². The maximum absolute atomic E-state index is 12.6. The molecule has 1 aliphatic heterocycles. The zero-order chi connectivity index (χ0) is 32.8. The fourth-order valence-electron chi connectivity index (χ4n) is 5.76. The summed E-state index contributed by atoms with van der Waals surface area (Å²) >= 11 is 1.48. The number of unbranched alkanes of at least 4 members (excludes halogenated alkanes) is 1. The van der Waals surface area contributed by atoms with Crippen LogP contribution in [0.4, 0.5) is 11.4 Å². The van der Waals surface area contributed by atoms with Crippen molar-refractivity contribution in [1.82, 2.24) is 4.31 Å². The van der Waals surface area contributed by atoms with Gasteiger partial charge in [0.25, 0.3) is 0 Å². The lowest BCUT2D eigenvalue weighted by Gasteiger charge is -2.52. The molecule has 4 rings (SSSR count). The van der Waals surface area contributed by atoms with E-state index in [4.69, 9.17) is 14.2 Å². The molecule has 0 saturated carbocycles. The first-order valence-electron chi connectivity index (χ1n) is 15.5. The molecule has 45 heavy (non-hydrogen) atoms. The topological polar surface area (TPSA) is 91.7 Å². The molecule has 3 aromatic carbocycles. The van der Waals surface area contributed by atoms with E-state index in [9.17, 15) is 13.9 Å². The number of methoxy groups -OCH3 is 1. The Morgan fingerprint density at radius 1 is 1.04 bits per heavy atom. The minimum Gasteiger partial charge on any atom is -0.497 e. The smallest absolute Gasteiger partial charge is 0.344 e. The van der Waals surface area contributed by atoms with E-state index in [1.165, 1.54) is 11.8 Å². The molecule has 0 spiro atoms. The number of hydrogen-bond acceptors (Lipinski definition) is 9. The second-order valence-electron chi connectivity index (χ2n) is 12.4. The van der Waals surface area contributed by atoms with Crippen LogP contribution in [-0.4, -0.2) is 57.0 Å². The molecule has 0 aromatic heterocycles. The number of rotatable bonds is 12. The Morgan fingerprint density at radius 2 is 1.73 bits per heavy atom. The number of nitrogens with zero attached hydrogens (tertiary/aromatic N) is 2. The second-order valence-corrected chi connectivity index (χ2v) is 15.1. The number of thioether (sulfide) groups is 1. The van der Waals surface area contributed by atoms with E-state index in [2.05, 4.69) is 30.9 Å². The molecular weight excluding hydrogens is 609 g/mol. The molecule has 0 saturated heterocycles. The third-order valence-electron chi connectivity index (χ3n) is 8.09. The molecule has 1 atom stereocenters. The van der Waals surface area contributed by atoms with Gasteiger partial charge in [-0.3, -0.25) is 9.11 Å². The number of anilines is 2. The van der Waals surface area contributed by atoms with Gasteiger partial charge in [0.15, 0.2) is 6.61 Å². The van der Waals surface area contributed by atoms with Gasteiger partial charge in [-0.25, -0.2) is 4.79 Å². The maximum atomic E-state index is 12.6. The highest BCUT2D eigenvalue weighted by molar-refractivity contribution is 8.22. The highest BCUT2D eigenvalue weighted by Crippen LogP contribution is 2.64. The van der Waals surface area contributed by atoms with Crippen LogP contribution in [0.25, 0.3) is 0 Å². The number of hydrogen-bond donors (Lipinski definition) is 2. The van der Waals surface area contributed by atoms with Crippen LogP contribution in [0.2, 0.25) is 0 Å². The van der Waals surface area contributed by atoms with Crippen molar-refractivity contribution < 1.29 is 28.1 Å². The van der Waals surface area contributed by atoms with Crippen molar-refractivity contribution in [2.24, 2.45) is 0 Å². The first-order valence-corrected chi connectivity index (χ1v) is 18.2. The Kier molecular flexibility index (Phi) is 11.4. The predicted molar refractivity (Wildman–Crippen MR) is 185 cm³/mol. The van der Waals surface area contributed by atoms with Crippen LogP contribution in [0.3, 0.4) is 0 Å². The molecule has 0 fully saturated rings. The molecule has 0 bridgehead atoms. The lowest BCUT2D eigenvalue weighted by molar-refractivity contribution is -0.157. The molecule has 1 unspecified atom stereocenters. The van der Waals surface area contributed by atoms with Crippen molar-refractivity contribution in [3.05, 3.63) is 72.3 Å². The van der Waals surface area contributed by atoms with Gasteiger partial charge in [0.2, 0.25) is 0 Å². The second kappa shape index (κ2) is 14.7. The largest absolute Gasteiger partial charge is 0.497 e. The SMILES string of the molecule is CCCCC1(CC)CN(c2ccccc2)c2cc(SC)c(OCC(=O)OC(C)(C)C)cc2S(O)(O)N1Cc1ccc(OC)cc1. The molecule has 0 radical (unpaired) electrons. The molecule has 10 heteroatoms. The summed E-state index contributed by atoms with van der Waals surface area (Å²) in [5.74, 6) is 0.653. The van der Waals surface area contributed by atoms with Gasteiger partial charge in [0, 0.05) is 24.8 Å². The van der Waals surface area contributed by atoms with E-state index in [0.29, 0.717) is 35.8 Å². The Bertz CT molecular complexity index is 1430. The molecule has 8 nitrogen and oxygen atoms in total. The summed E-state index contributed by atoms with van der Waals surface area (Å²) in [6, 6.07) is 21.5. The van der Waals surface area contributed by atoms with Gasteiger partial charge in [0.05, 0.1) is 23.2 Å². The number of carbonyl (C=O) groups excluding carboxylic acids is 1. The summed E-state index contributed by atoms with van der Waals surface area (Å²) < 4.78 is 43.9. The van der Waals surface area contributed by atoms with Gasteiger partial charge >= 0.3 is 5.97 Å². The van der Waals surface area contributed by atoms with Gasteiger partial charge in [-0.05, 0) is 75.8 Å². The van der Waals surface area contributed by atoms with E-state index in [-0.39, 0.29) is 6.61 Å². The van der Waals surface area contributed by atoms with Crippen LogP contribution in [0, 0.1) is 0 Å². The van der Waals surface area contributed by atoms with Crippen LogP contribution in [0.5, 0.6) is 11.5 Å². The molecule has 2 N–H and O–H groups in total. The Labute approximate surface area is 274 Å². The summed E-state index contributed by atoms with van der Waals surface area (Å²) in [5.41, 5.74) is 1.39. The number of para-hydroxylation sites is 1. The lowest BCUT2D eigenvalue weighted by Crippen LogP contribution is -2.53. The third-order valence-corrected chi connectivity index (χ3v) is 10.9. The highest BCUT2D eigenvalue weighted by atomic mass is 32.3. The number of carbonyl (C=O) groups is 1. The zero-order valence-electron chi connectivity index (χ0n) is 27.5. The van der Waals surface area contributed by atoms with E-state index >= 15 is 0 Å². The quantitative estimate of drug-likeness (QED) is 0.146. The highest BCUT2D eigenvalue weighted by Gasteiger charge is 2.48. The minimum atomic E-state index is -3.58. The summed E-state index contributed by atoms with van der Waals surface area (Å²) in [7, 11) is -1.95. The van der Waals surface area contributed by atoms with Gasteiger partial charge in [-0.15, -0.1) is 22.5 Å². The summed E-state index contributed by atoms with van der Waals surface area (Å²) in [5, 5.41) is 0. The van der Waals surface area contributed by atoms with E-state index in [0.717, 1.165) is 41.2 Å². The van der Waals surface area contributed by atoms with E-state index < -0.39 is 27.9 Å². The number of ether oxygens (including phenoxy) is 3. The minimum absolute atomic E-state index is 0.295. The molecule has 0 amide bonds. The normalized spacial score (nSPS) is 18.9. The Morgan fingerprint density at radius 3 is 2.31 bits per heavy atom. The monoisotopic (exact) mass is 656 g/mol. The molecule has 0 aliphatic carbocycles. The number of esters is 1. The first-order chi connectivity index (χ1) is 21.4. The van der Waals surface area contributed by atoms with Crippen molar-refractivity contribution in [1.29, 1.82) is 0 Å². The first kappa shape index (κ1) is 35.0. The van der Waals surface area contributed by atoms with Crippen LogP contribution in [0.1, 0.15) is 65.9 Å². The van der Waals surface area contributed by atoms with Gasteiger partial charge < -0.3 is 19.1 Å². The molecule has 1 heterocycles. The Hall–Kier alpha value is -2.89. The lowest BCUT2D eigenvalue weighted by atomic mass is 9.88. The van der Waals surface area contributed by atoms with Crippen LogP contribution in [0.15, 0.2) is 76.5 Å². The molecule has 1 aliphatic rings. The summed E-state index contributed by atoms with van der Waals surface area (Å²) in [6.07, 6.45) is 5.34. The van der Waals surface area contributed by atoms with Gasteiger partial charge in [-0.1, -0.05) is 57.0 Å². The molecular formula is C35H48N2O6S2.